The molecule has 0 spiro atoms. The molecular weight excluding hydrogens is 398 g/mol. The predicted octanol–water partition coefficient (Wildman–Crippen LogP) is 5.02. The van der Waals surface area contributed by atoms with Crippen LogP contribution in [0.3, 0.4) is 0 Å². The van der Waals surface area contributed by atoms with Gasteiger partial charge >= 0.3 is 0 Å². The third kappa shape index (κ3) is 3.88. The smallest absolute Gasteiger partial charge is 0.280 e. The van der Waals surface area contributed by atoms with Gasteiger partial charge in [-0.25, -0.2) is 4.68 Å². The van der Waals surface area contributed by atoms with Crippen molar-refractivity contribution in [2.45, 2.75) is 0 Å². The highest BCUT2D eigenvalue weighted by Crippen LogP contribution is 2.32. The number of benzene rings is 3. The lowest BCUT2D eigenvalue weighted by Crippen LogP contribution is -2.31. The molecule has 0 aliphatic rings. The second kappa shape index (κ2) is 8.35. The zero-order chi connectivity index (χ0) is 21.1. The Balaban J connectivity index is 1.96. The van der Waals surface area contributed by atoms with Crippen LogP contribution in [-0.2, 0) is 7.05 Å². The Bertz CT molecular complexity index is 1270. The second-order valence-corrected chi connectivity index (χ2v) is 7.16. The minimum Gasteiger partial charge on any atom is -0.322 e. The van der Waals surface area contributed by atoms with E-state index in [1.807, 2.05) is 60.7 Å². The molecule has 1 heterocycles. The van der Waals surface area contributed by atoms with Crippen molar-refractivity contribution in [1.82, 2.24) is 9.78 Å². The number of rotatable bonds is 4. The molecule has 4 rings (SSSR count). The Kier molecular flexibility index (Phi) is 5.46. The van der Waals surface area contributed by atoms with Gasteiger partial charge in [-0.1, -0.05) is 78.3 Å². The fourth-order valence-corrected chi connectivity index (χ4v) is 3.48. The maximum absolute atomic E-state index is 13.3. The Morgan fingerprint density at radius 3 is 2.17 bits per heavy atom. The fourth-order valence-electron chi connectivity index (χ4n) is 3.29. The van der Waals surface area contributed by atoms with Gasteiger partial charge in [0, 0.05) is 28.9 Å². The van der Waals surface area contributed by atoms with Crippen LogP contribution in [0.1, 0.15) is 10.4 Å². The molecule has 1 aromatic heterocycles. The number of carbonyl (C=O) groups is 1. The topological polar surface area (TPSA) is 64.0 Å². The van der Waals surface area contributed by atoms with Crippen LogP contribution < -0.4 is 10.9 Å². The van der Waals surface area contributed by atoms with Gasteiger partial charge in [-0.3, -0.25) is 9.59 Å². The number of aryl methyl sites for hydroxylation is 1. The average Bonchev–Trinajstić information content (AvgIpc) is 2.76. The van der Waals surface area contributed by atoms with Crippen LogP contribution in [-0.4, -0.2) is 15.7 Å². The van der Waals surface area contributed by atoms with E-state index >= 15 is 0 Å². The number of hydrogen-bond donors (Lipinski definition) is 1. The standard InChI is InChI=1S/C24H18ClN3O2/c1-28-24(30)21(23(29)26-19-14-8-13-18(25)15-19)20(16-9-4-2-5-10-16)22(27-28)17-11-6-3-7-12-17/h2-15H,1H3,(H,26,29). The van der Waals surface area contributed by atoms with Crippen LogP contribution >= 0.6 is 11.6 Å². The largest absolute Gasteiger partial charge is 0.322 e. The van der Waals surface area contributed by atoms with Crippen molar-refractivity contribution in [2.24, 2.45) is 7.05 Å². The number of aromatic nitrogens is 2. The van der Waals surface area contributed by atoms with Crippen molar-refractivity contribution in [2.75, 3.05) is 5.32 Å². The van der Waals surface area contributed by atoms with Crippen LogP contribution in [0.2, 0.25) is 5.02 Å². The molecule has 0 saturated heterocycles. The minimum atomic E-state index is -0.517. The molecule has 0 saturated carbocycles. The highest BCUT2D eigenvalue weighted by molar-refractivity contribution is 6.31. The van der Waals surface area contributed by atoms with Crippen molar-refractivity contribution in [1.29, 1.82) is 0 Å². The first-order chi connectivity index (χ1) is 14.5. The molecule has 6 heteroatoms. The van der Waals surface area contributed by atoms with E-state index in [-0.39, 0.29) is 5.56 Å². The van der Waals surface area contributed by atoms with E-state index in [4.69, 9.17) is 11.6 Å². The Labute approximate surface area is 178 Å². The van der Waals surface area contributed by atoms with Crippen molar-refractivity contribution in [3.63, 3.8) is 0 Å². The molecule has 0 unspecified atom stereocenters. The van der Waals surface area contributed by atoms with Crippen LogP contribution in [0.4, 0.5) is 5.69 Å². The number of anilines is 1. The number of carbonyl (C=O) groups excluding carboxylic acids is 1. The summed E-state index contributed by atoms with van der Waals surface area (Å²) in [6, 6.07) is 25.6. The molecule has 0 aliphatic carbocycles. The monoisotopic (exact) mass is 415 g/mol. The van der Waals surface area contributed by atoms with Crippen molar-refractivity contribution in [3.05, 3.63) is 106 Å². The van der Waals surface area contributed by atoms with Gasteiger partial charge < -0.3 is 5.32 Å². The molecule has 1 N–H and O–H groups in total. The van der Waals surface area contributed by atoms with Gasteiger partial charge in [0.15, 0.2) is 0 Å². The third-order valence-corrected chi connectivity index (χ3v) is 4.90. The van der Waals surface area contributed by atoms with Gasteiger partial charge in [0.05, 0.1) is 5.69 Å². The SMILES string of the molecule is Cn1nc(-c2ccccc2)c(-c2ccccc2)c(C(=O)Nc2cccc(Cl)c2)c1=O. The van der Waals surface area contributed by atoms with Crippen molar-refractivity contribution >= 4 is 23.2 Å². The minimum absolute atomic E-state index is 0.0255. The van der Waals surface area contributed by atoms with Crippen LogP contribution in [0.5, 0.6) is 0 Å². The summed E-state index contributed by atoms with van der Waals surface area (Å²) in [5.41, 5.74) is 2.64. The molecule has 148 valence electrons. The predicted molar refractivity (Wildman–Crippen MR) is 120 cm³/mol. The van der Waals surface area contributed by atoms with Crippen LogP contribution in [0.25, 0.3) is 22.4 Å². The molecule has 0 fully saturated rings. The maximum atomic E-state index is 13.3. The summed E-state index contributed by atoms with van der Waals surface area (Å²) < 4.78 is 1.20. The van der Waals surface area contributed by atoms with Gasteiger partial charge in [-0.15, -0.1) is 0 Å². The van der Waals surface area contributed by atoms with Gasteiger partial charge in [0.2, 0.25) is 0 Å². The lowest BCUT2D eigenvalue weighted by atomic mass is 9.95. The van der Waals surface area contributed by atoms with Crippen LogP contribution in [0, 0.1) is 0 Å². The second-order valence-electron chi connectivity index (χ2n) is 6.72. The summed E-state index contributed by atoms with van der Waals surface area (Å²) in [7, 11) is 1.54. The summed E-state index contributed by atoms with van der Waals surface area (Å²) in [4.78, 5) is 26.3. The Morgan fingerprint density at radius 2 is 1.53 bits per heavy atom. The molecule has 3 aromatic carbocycles. The average molecular weight is 416 g/mol. The first-order valence-corrected chi connectivity index (χ1v) is 9.71. The molecule has 0 radical (unpaired) electrons. The molecule has 0 aliphatic heterocycles. The maximum Gasteiger partial charge on any atom is 0.280 e. The molecule has 30 heavy (non-hydrogen) atoms. The molecule has 0 atom stereocenters. The van der Waals surface area contributed by atoms with E-state index in [1.165, 1.54) is 4.68 Å². The highest BCUT2D eigenvalue weighted by atomic mass is 35.5. The molecule has 5 nitrogen and oxygen atoms in total. The third-order valence-electron chi connectivity index (χ3n) is 4.66. The summed E-state index contributed by atoms with van der Waals surface area (Å²) in [5.74, 6) is -0.517. The fraction of sp³-hybridized carbons (Fsp3) is 0.0417. The first kappa shape index (κ1) is 19.6. The van der Waals surface area contributed by atoms with E-state index in [2.05, 4.69) is 10.4 Å². The van der Waals surface area contributed by atoms with E-state index in [9.17, 15) is 9.59 Å². The normalized spacial score (nSPS) is 10.6. The molecule has 4 aromatic rings. The lowest BCUT2D eigenvalue weighted by molar-refractivity contribution is 0.102. The number of nitrogens with zero attached hydrogens (tertiary/aromatic N) is 2. The van der Waals surface area contributed by atoms with E-state index in [0.717, 1.165) is 11.1 Å². The summed E-state index contributed by atoms with van der Waals surface area (Å²) in [6.45, 7) is 0. The van der Waals surface area contributed by atoms with Gasteiger partial charge in [-0.05, 0) is 23.8 Å². The van der Waals surface area contributed by atoms with Gasteiger partial charge in [-0.2, -0.15) is 5.10 Å². The summed E-state index contributed by atoms with van der Waals surface area (Å²) in [5, 5.41) is 7.77. The van der Waals surface area contributed by atoms with Crippen molar-refractivity contribution in [3.8, 4) is 22.4 Å². The van der Waals surface area contributed by atoms with Gasteiger partial charge in [0.1, 0.15) is 5.56 Å². The molecule has 0 bridgehead atoms. The quantitative estimate of drug-likeness (QED) is 0.509. The van der Waals surface area contributed by atoms with E-state index in [1.54, 1.807) is 31.3 Å². The molecular formula is C24H18ClN3O2. The van der Waals surface area contributed by atoms with E-state index in [0.29, 0.717) is 22.0 Å². The van der Waals surface area contributed by atoms with Crippen molar-refractivity contribution < 1.29 is 4.79 Å². The van der Waals surface area contributed by atoms with Crippen LogP contribution in [0.15, 0.2) is 89.7 Å². The number of hydrogen-bond acceptors (Lipinski definition) is 3. The summed E-state index contributed by atoms with van der Waals surface area (Å²) in [6.07, 6.45) is 0. The zero-order valence-corrected chi connectivity index (χ0v) is 16.9. The van der Waals surface area contributed by atoms with Gasteiger partial charge in [0.25, 0.3) is 11.5 Å². The number of nitrogens with one attached hydrogen (secondary N) is 1. The first-order valence-electron chi connectivity index (χ1n) is 9.33. The Morgan fingerprint density at radius 1 is 0.900 bits per heavy atom. The number of amides is 1. The Hall–Kier alpha value is -3.70. The number of halogens is 1. The molecule has 1 amide bonds. The lowest BCUT2D eigenvalue weighted by Gasteiger charge is -2.16. The highest BCUT2D eigenvalue weighted by Gasteiger charge is 2.24. The van der Waals surface area contributed by atoms with E-state index < -0.39 is 11.5 Å². The summed E-state index contributed by atoms with van der Waals surface area (Å²) >= 11 is 6.04. The zero-order valence-electron chi connectivity index (χ0n) is 16.2.